The van der Waals surface area contributed by atoms with Crippen molar-refractivity contribution in [1.29, 1.82) is 0 Å². The zero-order chi connectivity index (χ0) is 17.8. The van der Waals surface area contributed by atoms with Crippen molar-refractivity contribution < 1.29 is 13.9 Å². The average molecular weight is 343 g/mol. The molecule has 0 radical (unpaired) electrons. The van der Waals surface area contributed by atoms with Crippen LogP contribution in [0.25, 0.3) is 0 Å². The molecule has 0 saturated heterocycles. The molecule has 3 N–H and O–H groups in total. The van der Waals surface area contributed by atoms with Gasteiger partial charge < -0.3 is 20.5 Å². The minimum atomic E-state index is -0.328. The maximum atomic E-state index is 13.8. The van der Waals surface area contributed by atoms with Crippen LogP contribution in [0.3, 0.4) is 0 Å². The number of halogens is 1. The molecule has 0 aliphatic heterocycles. The number of aliphatic imine (C=N–C) groups is 1. The van der Waals surface area contributed by atoms with E-state index in [2.05, 4.69) is 10.3 Å². The van der Waals surface area contributed by atoms with Crippen LogP contribution in [0.5, 0.6) is 11.5 Å². The Hall–Kier alpha value is -2.76. The van der Waals surface area contributed by atoms with Crippen molar-refractivity contribution in [3.8, 4) is 11.5 Å². The fourth-order valence-electron chi connectivity index (χ4n) is 2.98. The number of rotatable bonds is 5. The predicted molar refractivity (Wildman–Crippen MR) is 97.0 cm³/mol. The van der Waals surface area contributed by atoms with E-state index in [1.165, 1.54) is 7.11 Å². The average Bonchev–Trinajstić information content (AvgIpc) is 2.58. The highest BCUT2D eigenvalue weighted by molar-refractivity contribution is 5.92. The Balaban J connectivity index is 1.56. The van der Waals surface area contributed by atoms with Crippen LogP contribution in [0.4, 0.5) is 10.1 Å². The van der Waals surface area contributed by atoms with Crippen LogP contribution in [0, 0.1) is 5.82 Å². The second kappa shape index (κ2) is 7.42. The van der Waals surface area contributed by atoms with E-state index in [1.807, 2.05) is 30.3 Å². The Morgan fingerprint density at radius 3 is 2.64 bits per heavy atom. The summed E-state index contributed by atoms with van der Waals surface area (Å²) in [7, 11) is 3.08. The van der Waals surface area contributed by atoms with Gasteiger partial charge in [0.25, 0.3) is 0 Å². The molecule has 2 aromatic carbocycles. The van der Waals surface area contributed by atoms with Crippen LogP contribution in [-0.2, 0) is 0 Å². The fraction of sp³-hybridized carbons (Fsp3) is 0.316. The van der Waals surface area contributed by atoms with E-state index in [0.29, 0.717) is 11.9 Å². The second-order valence-electron chi connectivity index (χ2n) is 6.09. The Bertz CT molecular complexity index is 773. The first-order chi connectivity index (χ1) is 12.1. The van der Waals surface area contributed by atoms with Gasteiger partial charge in [0.05, 0.1) is 20.3 Å². The fourth-order valence-corrected chi connectivity index (χ4v) is 2.98. The molecule has 25 heavy (non-hydrogen) atoms. The van der Waals surface area contributed by atoms with E-state index >= 15 is 0 Å². The maximum Gasteiger partial charge on any atom is 0.193 e. The monoisotopic (exact) mass is 343 g/mol. The third-order valence-corrected chi connectivity index (χ3v) is 4.42. The van der Waals surface area contributed by atoms with Gasteiger partial charge in [-0.1, -0.05) is 12.1 Å². The number of benzene rings is 2. The highest BCUT2D eigenvalue weighted by atomic mass is 19.1. The van der Waals surface area contributed by atoms with Gasteiger partial charge in [-0.15, -0.1) is 0 Å². The number of nitrogens with one attached hydrogen (secondary N) is 1. The minimum absolute atomic E-state index is 0.147. The number of ether oxygens (including phenoxy) is 2. The summed E-state index contributed by atoms with van der Waals surface area (Å²) in [5.74, 6) is 1.37. The molecule has 0 spiro atoms. The minimum Gasteiger partial charge on any atom is -0.497 e. The van der Waals surface area contributed by atoms with Gasteiger partial charge in [-0.05, 0) is 48.6 Å². The lowest BCUT2D eigenvalue weighted by Crippen LogP contribution is -2.31. The molecule has 0 unspecified atom stereocenters. The van der Waals surface area contributed by atoms with Crippen LogP contribution < -0.4 is 20.5 Å². The highest BCUT2D eigenvalue weighted by Crippen LogP contribution is 2.39. The van der Waals surface area contributed by atoms with Crippen molar-refractivity contribution in [1.82, 2.24) is 0 Å². The van der Waals surface area contributed by atoms with Crippen LogP contribution in [-0.4, -0.2) is 26.2 Å². The summed E-state index contributed by atoms with van der Waals surface area (Å²) in [6, 6.07) is 12.8. The molecule has 0 bridgehead atoms. The van der Waals surface area contributed by atoms with Crippen molar-refractivity contribution in [2.24, 2.45) is 10.7 Å². The molecular formula is C19H22FN3O2. The summed E-state index contributed by atoms with van der Waals surface area (Å²) in [6.45, 7) is 0. The van der Waals surface area contributed by atoms with Gasteiger partial charge in [0.2, 0.25) is 0 Å². The molecule has 2 aromatic rings. The molecule has 1 aliphatic rings. The smallest absolute Gasteiger partial charge is 0.193 e. The standard InChI is InChI=1S/C19H22FN3O2/c1-24-16-5-3-4-14(11-16)22-19(21)23-15-8-13(9-15)12-6-7-18(25-2)17(20)10-12/h3-7,10-11,13,15H,8-9H2,1-2H3,(H3,21,22,23). The summed E-state index contributed by atoms with van der Waals surface area (Å²) < 4.78 is 23.9. The third kappa shape index (κ3) is 4.02. The maximum absolute atomic E-state index is 13.8. The van der Waals surface area contributed by atoms with E-state index in [1.54, 1.807) is 19.2 Å². The number of nitrogens with zero attached hydrogens (tertiary/aromatic N) is 1. The molecule has 6 heteroatoms. The molecule has 1 fully saturated rings. The Kier molecular flexibility index (Phi) is 5.07. The molecule has 0 aromatic heterocycles. The second-order valence-corrected chi connectivity index (χ2v) is 6.09. The lowest BCUT2D eigenvalue weighted by molar-refractivity contribution is 0.349. The first-order valence-electron chi connectivity index (χ1n) is 8.17. The molecule has 3 rings (SSSR count). The predicted octanol–water partition coefficient (Wildman–Crippen LogP) is 3.52. The van der Waals surface area contributed by atoms with E-state index in [0.717, 1.165) is 29.8 Å². The van der Waals surface area contributed by atoms with Crippen LogP contribution >= 0.6 is 0 Å². The van der Waals surface area contributed by atoms with E-state index in [-0.39, 0.29) is 17.6 Å². The number of guanidine groups is 1. The van der Waals surface area contributed by atoms with Crippen molar-refractivity contribution in [2.75, 3.05) is 19.5 Å². The van der Waals surface area contributed by atoms with Crippen LogP contribution in [0.15, 0.2) is 47.5 Å². The Morgan fingerprint density at radius 2 is 1.96 bits per heavy atom. The largest absolute Gasteiger partial charge is 0.497 e. The molecule has 1 aliphatic carbocycles. The van der Waals surface area contributed by atoms with Gasteiger partial charge in [-0.25, -0.2) is 9.38 Å². The zero-order valence-corrected chi connectivity index (χ0v) is 14.3. The quantitative estimate of drug-likeness (QED) is 0.644. The molecular weight excluding hydrogens is 321 g/mol. The number of methoxy groups -OCH3 is 2. The number of nitrogens with two attached hydrogens (primary N) is 1. The third-order valence-electron chi connectivity index (χ3n) is 4.42. The van der Waals surface area contributed by atoms with E-state index < -0.39 is 0 Å². The van der Waals surface area contributed by atoms with Crippen molar-refractivity contribution >= 4 is 11.6 Å². The molecule has 0 heterocycles. The molecule has 0 atom stereocenters. The molecule has 5 nitrogen and oxygen atoms in total. The van der Waals surface area contributed by atoms with Gasteiger partial charge in [-0.2, -0.15) is 0 Å². The lowest BCUT2D eigenvalue weighted by atomic mass is 9.76. The molecule has 132 valence electrons. The Morgan fingerprint density at radius 1 is 1.16 bits per heavy atom. The molecule has 0 amide bonds. The highest BCUT2D eigenvalue weighted by Gasteiger charge is 2.30. The van der Waals surface area contributed by atoms with Gasteiger partial charge in [0.15, 0.2) is 17.5 Å². The zero-order valence-electron chi connectivity index (χ0n) is 14.3. The van der Waals surface area contributed by atoms with Gasteiger partial charge in [0.1, 0.15) is 5.75 Å². The van der Waals surface area contributed by atoms with E-state index in [9.17, 15) is 4.39 Å². The number of hydrogen-bond donors (Lipinski definition) is 2. The van der Waals surface area contributed by atoms with Crippen molar-refractivity contribution in [3.05, 3.63) is 53.8 Å². The summed E-state index contributed by atoms with van der Waals surface area (Å²) in [6.07, 6.45) is 1.71. The van der Waals surface area contributed by atoms with Crippen LogP contribution in [0.1, 0.15) is 24.3 Å². The summed E-state index contributed by atoms with van der Waals surface area (Å²) in [4.78, 5) is 4.49. The van der Waals surface area contributed by atoms with Gasteiger partial charge in [0, 0.05) is 11.8 Å². The topological polar surface area (TPSA) is 68.9 Å². The summed E-state index contributed by atoms with van der Waals surface area (Å²) >= 11 is 0. The summed E-state index contributed by atoms with van der Waals surface area (Å²) in [5, 5.41) is 3.07. The van der Waals surface area contributed by atoms with Gasteiger partial charge >= 0.3 is 0 Å². The molecule has 1 saturated carbocycles. The SMILES string of the molecule is COc1cccc(NC(N)=NC2CC(c3ccc(OC)c(F)c3)C2)c1. The lowest BCUT2D eigenvalue weighted by Gasteiger charge is -2.33. The normalized spacial score (nSPS) is 19.9. The first kappa shape index (κ1) is 17.1. The van der Waals surface area contributed by atoms with Crippen molar-refractivity contribution in [3.63, 3.8) is 0 Å². The number of hydrogen-bond acceptors (Lipinski definition) is 3. The first-order valence-corrected chi connectivity index (χ1v) is 8.17. The van der Waals surface area contributed by atoms with Crippen molar-refractivity contribution in [2.45, 2.75) is 24.8 Å². The summed E-state index contributed by atoms with van der Waals surface area (Å²) in [5.41, 5.74) is 7.78. The van der Waals surface area contributed by atoms with E-state index in [4.69, 9.17) is 15.2 Å². The Labute approximate surface area is 146 Å². The van der Waals surface area contributed by atoms with Gasteiger partial charge in [-0.3, -0.25) is 0 Å². The number of anilines is 1. The van der Waals surface area contributed by atoms with Crippen LogP contribution in [0.2, 0.25) is 0 Å².